The molecule has 1 aromatic carbocycles. The first-order chi connectivity index (χ1) is 7.32. The van der Waals surface area contributed by atoms with E-state index in [1.165, 1.54) is 22.0 Å². The Morgan fingerprint density at radius 1 is 1.25 bits per heavy atom. The van der Waals surface area contributed by atoms with Crippen LogP contribution < -0.4 is 5.73 Å². The van der Waals surface area contributed by atoms with E-state index in [0.29, 0.717) is 0 Å². The van der Waals surface area contributed by atoms with Crippen LogP contribution in [0.1, 0.15) is 30.7 Å². The number of rotatable bonds is 1. The van der Waals surface area contributed by atoms with E-state index in [-0.39, 0.29) is 5.54 Å². The van der Waals surface area contributed by atoms with Crippen molar-refractivity contribution in [3.8, 4) is 0 Å². The van der Waals surface area contributed by atoms with Crippen molar-refractivity contribution < 1.29 is 0 Å². The molecule has 0 fully saturated rings. The minimum atomic E-state index is -0.363. The van der Waals surface area contributed by atoms with E-state index in [9.17, 15) is 0 Å². The van der Waals surface area contributed by atoms with Crippen LogP contribution in [0.15, 0.2) is 16.6 Å². The van der Waals surface area contributed by atoms with Gasteiger partial charge < -0.3 is 10.7 Å². The summed E-state index contributed by atoms with van der Waals surface area (Å²) in [5, 5.41) is 1.21. The van der Waals surface area contributed by atoms with E-state index in [4.69, 9.17) is 5.73 Å². The first-order valence-electron chi connectivity index (χ1n) is 5.39. The van der Waals surface area contributed by atoms with Crippen LogP contribution in [0.25, 0.3) is 10.9 Å². The number of aromatic amines is 1. The van der Waals surface area contributed by atoms with Crippen LogP contribution in [-0.2, 0) is 5.54 Å². The summed E-state index contributed by atoms with van der Waals surface area (Å²) >= 11 is 3.64. The molecule has 86 valence electrons. The van der Waals surface area contributed by atoms with Gasteiger partial charge in [0.2, 0.25) is 0 Å². The zero-order chi connectivity index (χ0) is 12.1. The summed E-state index contributed by atoms with van der Waals surface area (Å²) in [7, 11) is 0. The molecule has 0 spiro atoms. The number of aryl methyl sites for hydroxylation is 2. The first-order valence-corrected chi connectivity index (χ1v) is 6.18. The van der Waals surface area contributed by atoms with Crippen LogP contribution >= 0.6 is 15.9 Å². The number of hydrogen-bond acceptors (Lipinski definition) is 1. The van der Waals surface area contributed by atoms with Gasteiger partial charge in [-0.05, 0) is 54.8 Å². The smallest absolute Gasteiger partial charge is 0.0516 e. The molecule has 2 aromatic rings. The van der Waals surface area contributed by atoms with Gasteiger partial charge in [0.25, 0.3) is 0 Å². The highest BCUT2D eigenvalue weighted by Crippen LogP contribution is 2.35. The quantitative estimate of drug-likeness (QED) is 0.821. The highest BCUT2D eigenvalue weighted by Gasteiger charge is 2.22. The second-order valence-corrected chi connectivity index (χ2v) is 5.76. The fourth-order valence-electron chi connectivity index (χ4n) is 1.92. The maximum absolute atomic E-state index is 6.15. The van der Waals surface area contributed by atoms with E-state index < -0.39 is 0 Å². The molecule has 0 unspecified atom stereocenters. The van der Waals surface area contributed by atoms with Gasteiger partial charge in [-0.25, -0.2) is 0 Å². The van der Waals surface area contributed by atoms with Crippen molar-refractivity contribution in [2.75, 3.05) is 0 Å². The van der Waals surface area contributed by atoms with Crippen molar-refractivity contribution in [2.45, 2.75) is 33.2 Å². The average molecular weight is 281 g/mol. The number of benzene rings is 1. The number of fused-ring (bicyclic) bond motifs is 1. The minimum Gasteiger partial charge on any atom is -0.356 e. The Kier molecular flexibility index (Phi) is 2.63. The predicted molar refractivity (Wildman–Crippen MR) is 72.7 cm³/mol. The number of nitrogens with one attached hydrogen (secondary N) is 1. The van der Waals surface area contributed by atoms with Gasteiger partial charge in [0, 0.05) is 15.6 Å². The molecular formula is C13H17BrN2. The Bertz CT molecular complexity index is 547. The molecule has 0 aliphatic heterocycles. The van der Waals surface area contributed by atoms with E-state index in [0.717, 1.165) is 10.2 Å². The van der Waals surface area contributed by atoms with Crippen LogP contribution in [0, 0.1) is 13.8 Å². The van der Waals surface area contributed by atoms with Gasteiger partial charge >= 0.3 is 0 Å². The number of hydrogen-bond donors (Lipinski definition) is 2. The number of halogens is 1. The lowest BCUT2D eigenvalue weighted by atomic mass is 10.0. The topological polar surface area (TPSA) is 41.8 Å². The minimum absolute atomic E-state index is 0.363. The lowest BCUT2D eigenvalue weighted by Gasteiger charge is -2.17. The van der Waals surface area contributed by atoms with Gasteiger partial charge in [0.1, 0.15) is 0 Å². The molecular weight excluding hydrogens is 264 g/mol. The van der Waals surface area contributed by atoms with Crippen LogP contribution in [0.5, 0.6) is 0 Å². The lowest BCUT2D eigenvalue weighted by molar-refractivity contribution is 0.537. The largest absolute Gasteiger partial charge is 0.356 e. The molecule has 3 heteroatoms. The van der Waals surface area contributed by atoms with Gasteiger partial charge in [-0.2, -0.15) is 0 Å². The molecule has 3 N–H and O–H groups in total. The van der Waals surface area contributed by atoms with E-state index in [2.05, 4.69) is 46.9 Å². The molecule has 0 aliphatic rings. The summed E-state index contributed by atoms with van der Waals surface area (Å²) in [6.07, 6.45) is 0. The Balaban J connectivity index is 2.83. The highest BCUT2D eigenvalue weighted by molar-refractivity contribution is 9.10. The molecule has 0 radical (unpaired) electrons. The monoisotopic (exact) mass is 280 g/mol. The summed E-state index contributed by atoms with van der Waals surface area (Å²) in [4.78, 5) is 3.44. The zero-order valence-corrected chi connectivity index (χ0v) is 11.7. The van der Waals surface area contributed by atoms with Gasteiger partial charge in [0.15, 0.2) is 0 Å². The second kappa shape index (κ2) is 3.60. The second-order valence-electron chi connectivity index (χ2n) is 4.97. The molecule has 1 heterocycles. The average Bonchev–Trinajstić information content (AvgIpc) is 2.50. The molecule has 0 bridgehead atoms. The number of aromatic nitrogens is 1. The van der Waals surface area contributed by atoms with Crippen LogP contribution in [0.2, 0.25) is 0 Å². The van der Waals surface area contributed by atoms with Crippen LogP contribution in [0.4, 0.5) is 0 Å². The van der Waals surface area contributed by atoms with Gasteiger partial charge in [-0.3, -0.25) is 0 Å². The van der Waals surface area contributed by atoms with Crippen molar-refractivity contribution in [3.05, 3.63) is 33.4 Å². The zero-order valence-electron chi connectivity index (χ0n) is 10.1. The predicted octanol–water partition coefficient (Wildman–Crippen LogP) is 3.74. The summed E-state index contributed by atoms with van der Waals surface area (Å²) in [5.74, 6) is 0. The SMILES string of the molecule is Cc1ccc2c(Br)c(C(C)(C)N)[nH]c2c1C. The Morgan fingerprint density at radius 3 is 2.44 bits per heavy atom. The molecule has 2 rings (SSSR count). The van der Waals surface area contributed by atoms with Crippen molar-refractivity contribution in [2.24, 2.45) is 5.73 Å². The Hall–Kier alpha value is -0.800. The van der Waals surface area contributed by atoms with E-state index in [1.807, 2.05) is 13.8 Å². The lowest BCUT2D eigenvalue weighted by Crippen LogP contribution is -2.29. The third-order valence-corrected chi connectivity index (χ3v) is 3.91. The van der Waals surface area contributed by atoms with Crippen molar-refractivity contribution in [1.29, 1.82) is 0 Å². The number of nitrogens with two attached hydrogens (primary N) is 1. The molecule has 0 saturated carbocycles. The van der Waals surface area contributed by atoms with Gasteiger partial charge in [-0.15, -0.1) is 0 Å². The normalized spacial score (nSPS) is 12.4. The van der Waals surface area contributed by atoms with Crippen LogP contribution in [0.3, 0.4) is 0 Å². The molecule has 0 aliphatic carbocycles. The number of H-pyrrole nitrogens is 1. The van der Waals surface area contributed by atoms with E-state index in [1.54, 1.807) is 0 Å². The Morgan fingerprint density at radius 2 is 1.88 bits per heavy atom. The van der Waals surface area contributed by atoms with E-state index >= 15 is 0 Å². The summed E-state index contributed by atoms with van der Waals surface area (Å²) in [5.41, 5.74) is 10.6. The van der Waals surface area contributed by atoms with Crippen molar-refractivity contribution >= 4 is 26.8 Å². The fourth-order valence-corrected chi connectivity index (χ4v) is 2.86. The van der Waals surface area contributed by atoms with Crippen LogP contribution in [-0.4, -0.2) is 4.98 Å². The van der Waals surface area contributed by atoms with Crippen molar-refractivity contribution in [1.82, 2.24) is 4.98 Å². The third-order valence-electron chi connectivity index (χ3n) is 3.09. The molecule has 0 atom stereocenters. The third kappa shape index (κ3) is 1.68. The summed E-state index contributed by atoms with van der Waals surface area (Å²) in [6.45, 7) is 8.26. The molecule has 2 nitrogen and oxygen atoms in total. The van der Waals surface area contributed by atoms with Gasteiger partial charge in [-0.1, -0.05) is 12.1 Å². The summed E-state index contributed by atoms with van der Waals surface area (Å²) < 4.78 is 1.08. The molecule has 0 amide bonds. The maximum atomic E-state index is 6.15. The highest BCUT2D eigenvalue weighted by atomic mass is 79.9. The molecule has 16 heavy (non-hydrogen) atoms. The fraction of sp³-hybridized carbons (Fsp3) is 0.385. The maximum Gasteiger partial charge on any atom is 0.0516 e. The van der Waals surface area contributed by atoms with Crippen molar-refractivity contribution in [3.63, 3.8) is 0 Å². The Labute approximate surface area is 104 Å². The summed E-state index contributed by atoms with van der Waals surface area (Å²) in [6, 6.07) is 4.27. The molecule has 0 saturated heterocycles. The standard InChI is InChI=1S/C13H17BrN2/c1-7-5-6-9-10(14)12(13(3,4)15)16-11(9)8(7)2/h5-6,16H,15H2,1-4H3. The van der Waals surface area contributed by atoms with Gasteiger partial charge in [0.05, 0.1) is 11.1 Å². The first kappa shape index (κ1) is 11.7. The molecule has 1 aromatic heterocycles.